The SMILES string of the molecule is COc1ccc(/C=C/C(=O)c2ccc3ccccc3c2)cc1COc1cc(F)ccc1[N+](=O)[O-]. The molecule has 0 aromatic heterocycles. The number of nitro benzene ring substituents is 1. The van der Waals surface area contributed by atoms with E-state index in [1.54, 1.807) is 30.3 Å². The molecule has 34 heavy (non-hydrogen) atoms. The lowest BCUT2D eigenvalue weighted by Gasteiger charge is -2.11. The van der Waals surface area contributed by atoms with E-state index >= 15 is 0 Å². The normalized spacial score (nSPS) is 11.0. The zero-order chi connectivity index (χ0) is 24.1. The Bertz CT molecular complexity index is 1410. The fourth-order valence-corrected chi connectivity index (χ4v) is 3.54. The van der Waals surface area contributed by atoms with Gasteiger partial charge in [0.15, 0.2) is 11.5 Å². The van der Waals surface area contributed by atoms with Crippen LogP contribution in [0.5, 0.6) is 11.5 Å². The van der Waals surface area contributed by atoms with Gasteiger partial charge in [0.05, 0.1) is 12.0 Å². The molecule has 0 heterocycles. The van der Waals surface area contributed by atoms with Crippen LogP contribution in [0.1, 0.15) is 21.5 Å². The van der Waals surface area contributed by atoms with Crippen LogP contribution in [0.3, 0.4) is 0 Å². The van der Waals surface area contributed by atoms with Crippen LogP contribution >= 0.6 is 0 Å². The Labute approximate surface area is 195 Å². The smallest absolute Gasteiger partial charge is 0.311 e. The van der Waals surface area contributed by atoms with Gasteiger partial charge in [-0.15, -0.1) is 0 Å². The molecule has 0 unspecified atom stereocenters. The van der Waals surface area contributed by atoms with Crippen LogP contribution in [-0.4, -0.2) is 17.8 Å². The highest BCUT2D eigenvalue weighted by Crippen LogP contribution is 2.30. The first-order valence-electron chi connectivity index (χ1n) is 10.4. The third-order valence-electron chi connectivity index (χ3n) is 5.27. The molecular formula is C27H20FNO5. The number of nitro groups is 1. The van der Waals surface area contributed by atoms with Crippen LogP contribution in [-0.2, 0) is 6.61 Å². The zero-order valence-corrected chi connectivity index (χ0v) is 18.2. The van der Waals surface area contributed by atoms with Crippen molar-refractivity contribution in [3.63, 3.8) is 0 Å². The van der Waals surface area contributed by atoms with Crippen molar-refractivity contribution in [2.75, 3.05) is 7.11 Å². The molecule has 170 valence electrons. The first kappa shape index (κ1) is 22.7. The molecule has 0 saturated carbocycles. The number of hydrogen-bond donors (Lipinski definition) is 0. The maximum absolute atomic E-state index is 13.6. The van der Waals surface area contributed by atoms with Crippen LogP contribution in [0.4, 0.5) is 10.1 Å². The first-order chi connectivity index (χ1) is 16.4. The summed E-state index contributed by atoms with van der Waals surface area (Å²) >= 11 is 0. The van der Waals surface area contributed by atoms with Crippen molar-refractivity contribution in [2.24, 2.45) is 0 Å². The number of ketones is 1. The predicted molar refractivity (Wildman–Crippen MR) is 128 cm³/mol. The summed E-state index contributed by atoms with van der Waals surface area (Å²) in [5.74, 6) is -0.470. The summed E-state index contributed by atoms with van der Waals surface area (Å²) in [6.07, 6.45) is 3.15. The first-order valence-corrected chi connectivity index (χ1v) is 10.4. The number of nitrogens with zero attached hydrogens (tertiary/aromatic N) is 1. The number of rotatable bonds is 8. The van der Waals surface area contributed by atoms with Crippen LogP contribution in [0, 0.1) is 15.9 Å². The van der Waals surface area contributed by atoms with Gasteiger partial charge in [0.25, 0.3) is 0 Å². The second kappa shape index (κ2) is 9.95. The van der Waals surface area contributed by atoms with E-state index in [0.717, 1.165) is 29.0 Å². The molecule has 4 aromatic rings. The molecule has 0 fully saturated rings. The number of ether oxygens (including phenoxy) is 2. The van der Waals surface area contributed by atoms with E-state index in [1.165, 1.54) is 13.2 Å². The number of carbonyl (C=O) groups is 1. The van der Waals surface area contributed by atoms with Crippen LogP contribution in [0.2, 0.25) is 0 Å². The highest BCUT2D eigenvalue weighted by molar-refractivity contribution is 6.08. The Hall–Kier alpha value is -4.52. The standard InChI is InChI=1S/C27H20FNO5/c1-33-26-13-7-18(6-12-25(30)21-9-8-19-4-2-3-5-20(19)15-21)14-22(26)17-34-27-16-23(28)10-11-24(27)29(31)32/h2-16H,17H2,1H3/b12-6+. The molecule has 0 aliphatic rings. The molecular weight excluding hydrogens is 437 g/mol. The minimum atomic E-state index is -0.642. The van der Waals surface area contributed by atoms with E-state index in [9.17, 15) is 19.3 Å². The van der Waals surface area contributed by atoms with Gasteiger partial charge in [-0.3, -0.25) is 14.9 Å². The van der Waals surface area contributed by atoms with E-state index < -0.39 is 10.7 Å². The Morgan fingerprint density at radius 2 is 1.76 bits per heavy atom. The summed E-state index contributed by atoms with van der Waals surface area (Å²) in [6, 6.07) is 21.6. The number of benzene rings is 4. The summed E-state index contributed by atoms with van der Waals surface area (Å²) < 4.78 is 24.5. The zero-order valence-electron chi connectivity index (χ0n) is 18.2. The van der Waals surface area contributed by atoms with Crippen molar-refractivity contribution >= 4 is 28.3 Å². The monoisotopic (exact) mass is 457 g/mol. The van der Waals surface area contributed by atoms with Gasteiger partial charge >= 0.3 is 5.69 Å². The number of allylic oxidation sites excluding steroid dienone is 1. The molecule has 0 saturated heterocycles. The van der Waals surface area contributed by atoms with Crippen LogP contribution < -0.4 is 9.47 Å². The topological polar surface area (TPSA) is 78.7 Å². The van der Waals surface area contributed by atoms with Gasteiger partial charge in [-0.2, -0.15) is 0 Å². The molecule has 0 N–H and O–H groups in total. The van der Waals surface area contributed by atoms with E-state index in [2.05, 4.69) is 0 Å². The Kier molecular flexibility index (Phi) is 6.64. The van der Waals surface area contributed by atoms with Gasteiger partial charge in [0.2, 0.25) is 0 Å². The Balaban J connectivity index is 1.54. The minimum Gasteiger partial charge on any atom is -0.496 e. The van der Waals surface area contributed by atoms with Gasteiger partial charge < -0.3 is 9.47 Å². The molecule has 7 heteroatoms. The highest BCUT2D eigenvalue weighted by Gasteiger charge is 2.17. The summed E-state index contributed by atoms with van der Waals surface area (Å²) in [4.78, 5) is 23.2. The minimum absolute atomic E-state index is 0.0895. The maximum Gasteiger partial charge on any atom is 0.311 e. The average Bonchev–Trinajstić information content (AvgIpc) is 2.85. The number of carbonyl (C=O) groups excluding carboxylic acids is 1. The summed E-state index contributed by atoms with van der Waals surface area (Å²) in [5, 5.41) is 13.2. The summed E-state index contributed by atoms with van der Waals surface area (Å²) in [5.41, 5.74) is 1.53. The van der Waals surface area contributed by atoms with Gasteiger partial charge in [-0.25, -0.2) is 4.39 Å². The van der Waals surface area contributed by atoms with Crippen molar-refractivity contribution in [3.05, 3.63) is 118 Å². The fourth-order valence-electron chi connectivity index (χ4n) is 3.54. The molecule has 4 rings (SSSR count). The lowest BCUT2D eigenvalue weighted by Crippen LogP contribution is -2.02. The summed E-state index contributed by atoms with van der Waals surface area (Å²) in [6.45, 7) is -0.0895. The van der Waals surface area contributed by atoms with Crippen molar-refractivity contribution in [3.8, 4) is 11.5 Å². The van der Waals surface area contributed by atoms with Gasteiger partial charge in [-0.1, -0.05) is 48.5 Å². The molecule has 0 atom stereocenters. The van der Waals surface area contributed by atoms with Gasteiger partial charge in [0, 0.05) is 23.3 Å². The lowest BCUT2D eigenvalue weighted by atomic mass is 10.0. The average molecular weight is 457 g/mol. The van der Waals surface area contributed by atoms with Crippen LogP contribution in [0.25, 0.3) is 16.8 Å². The van der Waals surface area contributed by atoms with Gasteiger partial charge in [0.1, 0.15) is 18.2 Å². The molecule has 0 radical (unpaired) electrons. The van der Waals surface area contributed by atoms with Crippen LogP contribution in [0.15, 0.2) is 84.9 Å². The highest BCUT2D eigenvalue weighted by atomic mass is 19.1. The number of halogens is 1. The van der Waals surface area contributed by atoms with Crippen molar-refractivity contribution in [1.29, 1.82) is 0 Å². The number of fused-ring (bicyclic) bond motifs is 1. The molecule has 0 aliphatic heterocycles. The summed E-state index contributed by atoms with van der Waals surface area (Å²) in [7, 11) is 1.49. The molecule has 0 spiro atoms. The third-order valence-corrected chi connectivity index (χ3v) is 5.27. The number of methoxy groups -OCH3 is 1. The lowest BCUT2D eigenvalue weighted by molar-refractivity contribution is -0.386. The van der Waals surface area contributed by atoms with E-state index in [-0.39, 0.29) is 23.8 Å². The molecule has 6 nitrogen and oxygen atoms in total. The second-order valence-corrected chi connectivity index (χ2v) is 7.49. The van der Waals surface area contributed by atoms with E-state index in [1.807, 2.05) is 36.4 Å². The molecule has 0 aliphatic carbocycles. The molecule has 0 bridgehead atoms. The van der Waals surface area contributed by atoms with Crippen molar-refractivity contribution in [2.45, 2.75) is 6.61 Å². The maximum atomic E-state index is 13.6. The molecule has 4 aromatic carbocycles. The Morgan fingerprint density at radius 1 is 0.971 bits per heavy atom. The molecule has 0 amide bonds. The predicted octanol–water partition coefficient (Wildman–Crippen LogP) is 6.37. The fraction of sp³-hybridized carbons (Fsp3) is 0.0741. The second-order valence-electron chi connectivity index (χ2n) is 7.49. The third kappa shape index (κ3) is 5.10. The number of hydrogen-bond acceptors (Lipinski definition) is 5. The quantitative estimate of drug-likeness (QED) is 0.133. The largest absolute Gasteiger partial charge is 0.496 e. The van der Waals surface area contributed by atoms with Gasteiger partial charge in [-0.05, 0) is 46.7 Å². The van der Waals surface area contributed by atoms with Crippen molar-refractivity contribution < 1.29 is 23.6 Å². The van der Waals surface area contributed by atoms with E-state index in [0.29, 0.717) is 22.4 Å². The van der Waals surface area contributed by atoms with E-state index in [4.69, 9.17) is 9.47 Å². The Morgan fingerprint density at radius 3 is 2.53 bits per heavy atom. The van der Waals surface area contributed by atoms with Crippen molar-refractivity contribution in [1.82, 2.24) is 0 Å².